The molecular weight excluding hydrogens is 246 g/mol. The van der Waals surface area contributed by atoms with E-state index < -0.39 is 0 Å². The SMILES string of the molecule is COCCCOC(=O)c1ccc(-c2cnco2)cc1. The lowest BCUT2D eigenvalue weighted by Gasteiger charge is -2.04. The van der Waals surface area contributed by atoms with Crippen LogP contribution in [0.5, 0.6) is 0 Å². The maximum Gasteiger partial charge on any atom is 0.338 e. The summed E-state index contributed by atoms with van der Waals surface area (Å²) in [4.78, 5) is 15.6. The van der Waals surface area contributed by atoms with Gasteiger partial charge in [0.2, 0.25) is 0 Å². The van der Waals surface area contributed by atoms with Gasteiger partial charge in [0.15, 0.2) is 12.2 Å². The van der Waals surface area contributed by atoms with Crippen LogP contribution in [0.15, 0.2) is 41.3 Å². The molecule has 0 N–H and O–H groups in total. The molecule has 5 nitrogen and oxygen atoms in total. The average Bonchev–Trinajstić information content (AvgIpc) is 2.98. The topological polar surface area (TPSA) is 61.6 Å². The molecule has 0 fully saturated rings. The number of rotatable bonds is 6. The van der Waals surface area contributed by atoms with Crippen LogP contribution in [-0.2, 0) is 9.47 Å². The third kappa shape index (κ3) is 3.66. The van der Waals surface area contributed by atoms with E-state index in [0.717, 1.165) is 5.56 Å². The lowest BCUT2D eigenvalue weighted by molar-refractivity contribution is 0.0468. The summed E-state index contributed by atoms with van der Waals surface area (Å²) in [6.45, 7) is 0.939. The number of benzene rings is 1. The molecule has 0 amide bonds. The number of oxazole rings is 1. The Morgan fingerprint density at radius 3 is 2.68 bits per heavy atom. The number of esters is 1. The number of nitrogens with zero attached hydrogens (tertiary/aromatic N) is 1. The highest BCUT2D eigenvalue weighted by atomic mass is 16.5. The van der Waals surface area contributed by atoms with Crippen LogP contribution in [0, 0.1) is 0 Å². The number of hydrogen-bond acceptors (Lipinski definition) is 5. The predicted molar refractivity (Wildman–Crippen MR) is 68.7 cm³/mol. The molecule has 0 spiro atoms. The van der Waals surface area contributed by atoms with Crippen molar-refractivity contribution in [2.75, 3.05) is 20.3 Å². The van der Waals surface area contributed by atoms with E-state index in [4.69, 9.17) is 13.9 Å². The molecule has 0 bridgehead atoms. The Labute approximate surface area is 111 Å². The highest BCUT2D eigenvalue weighted by Crippen LogP contribution is 2.19. The van der Waals surface area contributed by atoms with Gasteiger partial charge in [0.05, 0.1) is 18.4 Å². The first-order valence-corrected chi connectivity index (χ1v) is 5.96. The summed E-state index contributed by atoms with van der Waals surface area (Å²) in [5.41, 5.74) is 1.38. The van der Waals surface area contributed by atoms with Crippen LogP contribution in [0.1, 0.15) is 16.8 Å². The van der Waals surface area contributed by atoms with Crippen LogP contribution in [0.4, 0.5) is 0 Å². The van der Waals surface area contributed by atoms with E-state index in [9.17, 15) is 4.79 Å². The summed E-state index contributed by atoms with van der Waals surface area (Å²) in [5.74, 6) is 0.334. The quantitative estimate of drug-likeness (QED) is 0.590. The minimum atomic E-state index is -0.333. The van der Waals surface area contributed by atoms with Gasteiger partial charge in [-0.05, 0) is 12.1 Å². The predicted octanol–water partition coefficient (Wildman–Crippen LogP) is 2.53. The van der Waals surface area contributed by atoms with Gasteiger partial charge >= 0.3 is 5.97 Å². The Bertz CT molecular complexity index is 505. The minimum Gasteiger partial charge on any atom is -0.462 e. The smallest absolute Gasteiger partial charge is 0.338 e. The number of carbonyl (C=O) groups excluding carboxylic acids is 1. The number of hydrogen-bond donors (Lipinski definition) is 0. The van der Waals surface area contributed by atoms with Gasteiger partial charge in [0.1, 0.15) is 0 Å². The molecule has 0 atom stereocenters. The molecule has 0 saturated carbocycles. The van der Waals surface area contributed by atoms with Crippen molar-refractivity contribution < 1.29 is 18.7 Å². The standard InChI is InChI=1S/C14H15NO4/c1-17-7-2-8-18-14(16)12-5-3-11(4-6-12)13-9-15-10-19-13/h3-6,9-10H,2,7-8H2,1H3. The summed E-state index contributed by atoms with van der Waals surface area (Å²) in [6.07, 6.45) is 3.68. The van der Waals surface area contributed by atoms with Crippen molar-refractivity contribution in [3.05, 3.63) is 42.4 Å². The largest absolute Gasteiger partial charge is 0.462 e. The van der Waals surface area contributed by atoms with Crippen LogP contribution in [0.3, 0.4) is 0 Å². The number of aromatic nitrogens is 1. The highest BCUT2D eigenvalue weighted by Gasteiger charge is 2.08. The molecule has 1 aromatic heterocycles. The zero-order chi connectivity index (χ0) is 13.5. The minimum absolute atomic E-state index is 0.333. The van der Waals surface area contributed by atoms with Gasteiger partial charge in [-0.2, -0.15) is 0 Å². The summed E-state index contributed by atoms with van der Waals surface area (Å²) < 4.78 is 15.2. The molecule has 0 aliphatic heterocycles. The normalized spacial score (nSPS) is 10.4. The molecule has 5 heteroatoms. The lowest BCUT2D eigenvalue weighted by atomic mass is 10.1. The highest BCUT2D eigenvalue weighted by molar-refractivity contribution is 5.89. The van der Waals surface area contributed by atoms with E-state index in [1.165, 1.54) is 6.39 Å². The lowest BCUT2D eigenvalue weighted by Crippen LogP contribution is -2.07. The van der Waals surface area contributed by atoms with E-state index in [-0.39, 0.29) is 5.97 Å². The molecular formula is C14H15NO4. The summed E-state index contributed by atoms with van der Waals surface area (Å²) in [6, 6.07) is 7.01. The van der Waals surface area contributed by atoms with Gasteiger partial charge in [0, 0.05) is 25.7 Å². The fourth-order valence-electron chi connectivity index (χ4n) is 1.58. The third-order valence-electron chi connectivity index (χ3n) is 2.56. The summed E-state index contributed by atoms with van der Waals surface area (Å²) >= 11 is 0. The molecule has 2 rings (SSSR count). The first kappa shape index (κ1) is 13.3. The van der Waals surface area contributed by atoms with E-state index in [0.29, 0.717) is 31.0 Å². The van der Waals surface area contributed by atoms with Crippen molar-refractivity contribution in [1.29, 1.82) is 0 Å². The maximum absolute atomic E-state index is 11.7. The van der Waals surface area contributed by atoms with Crippen molar-refractivity contribution in [1.82, 2.24) is 4.98 Å². The van der Waals surface area contributed by atoms with Gasteiger partial charge in [-0.25, -0.2) is 9.78 Å². The summed E-state index contributed by atoms with van der Waals surface area (Å²) in [5, 5.41) is 0. The van der Waals surface area contributed by atoms with Crippen molar-refractivity contribution in [2.45, 2.75) is 6.42 Å². The Kier molecular flexibility index (Phi) is 4.69. The Hall–Kier alpha value is -2.14. The molecule has 100 valence electrons. The Balaban J connectivity index is 1.93. The van der Waals surface area contributed by atoms with E-state index in [1.807, 2.05) is 0 Å². The fourth-order valence-corrected chi connectivity index (χ4v) is 1.58. The van der Waals surface area contributed by atoms with Crippen molar-refractivity contribution in [2.24, 2.45) is 0 Å². The molecule has 0 radical (unpaired) electrons. The average molecular weight is 261 g/mol. The third-order valence-corrected chi connectivity index (χ3v) is 2.56. The second kappa shape index (κ2) is 6.70. The number of ether oxygens (including phenoxy) is 2. The fraction of sp³-hybridized carbons (Fsp3) is 0.286. The van der Waals surface area contributed by atoms with E-state index >= 15 is 0 Å². The van der Waals surface area contributed by atoms with Crippen molar-refractivity contribution in [3.63, 3.8) is 0 Å². The second-order valence-corrected chi connectivity index (χ2v) is 3.93. The molecule has 2 aromatic rings. The van der Waals surface area contributed by atoms with Gasteiger partial charge in [-0.1, -0.05) is 12.1 Å². The van der Waals surface area contributed by atoms with Gasteiger partial charge < -0.3 is 13.9 Å². The molecule has 0 saturated heterocycles. The van der Waals surface area contributed by atoms with Gasteiger partial charge in [-0.3, -0.25) is 0 Å². The van der Waals surface area contributed by atoms with Crippen LogP contribution < -0.4 is 0 Å². The van der Waals surface area contributed by atoms with E-state index in [1.54, 1.807) is 37.6 Å². The zero-order valence-electron chi connectivity index (χ0n) is 10.7. The maximum atomic E-state index is 11.7. The van der Waals surface area contributed by atoms with Gasteiger partial charge in [0.25, 0.3) is 0 Å². The van der Waals surface area contributed by atoms with Crippen molar-refractivity contribution >= 4 is 5.97 Å². The van der Waals surface area contributed by atoms with Crippen LogP contribution in [0.25, 0.3) is 11.3 Å². The van der Waals surface area contributed by atoms with E-state index in [2.05, 4.69) is 4.98 Å². The monoisotopic (exact) mass is 261 g/mol. The van der Waals surface area contributed by atoms with Crippen LogP contribution in [-0.4, -0.2) is 31.3 Å². The van der Waals surface area contributed by atoms with Gasteiger partial charge in [-0.15, -0.1) is 0 Å². The Morgan fingerprint density at radius 1 is 1.26 bits per heavy atom. The molecule has 0 aliphatic rings. The van der Waals surface area contributed by atoms with Crippen LogP contribution >= 0.6 is 0 Å². The van der Waals surface area contributed by atoms with Crippen molar-refractivity contribution in [3.8, 4) is 11.3 Å². The molecule has 19 heavy (non-hydrogen) atoms. The molecule has 1 aromatic carbocycles. The molecule has 0 aliphatic carbocycles. The zero-order valence-corrected chi connectivity index (χ0v) is 10.7. The first-order valence-electron chi connectivity index (χ1n) is 5.96. The summed E-state index contributed by atoms with van der Waals surface area (Å²) in [7, 11) is 1.62. The number of methoxy groups -OCH3 is 1. The Morgan fingerprint density at radius 2 is 2.05 bits per heavy atom. The first-order chi connectivity index (χ1) is 9.31. The second-order valence-electron chi connectivity index (χ2n) is 3.93. The molecule has 1 heterocycles. The molecule has 0 unspecified atom stereocenters. The number of carbonyl (C=O) groups is 1. The van der Waals surface area contributed by atoms with Crippen LogP contribution in [0.2, 0.25) is 0 Å².